The van der Waals surface area contributed by atoms with Gasteiger partial charge < -0.3 is 15.0 Å². The lowest BCUT2D eigenvalue weighted by atomic mass is 10.1. The fourth-order valence-electron chi connectivity index (χ4n) is 4.41. The van der Waals surface area contributed by atoms with Crippen LogP contribution in [0.1, 0.15) is 38.1 Å². The van der Waals surface area contributed by atoms with Crippen LogP contribution in [0.4, 0.5) is 0 Å². The lowest BCUT2D eigenvalue weighted by Gasteiger charge is -2.18. The molecule has 1 amide bonds. The fraction of sp³-hybridized carbons (Fsp3) is 0.172. The molecule has 0 saturated heterocycles. The van der Waals surface area contributed by atoms with Crippen molar-refractivity contribution in [1.82, 2.24) is 24.6 Å². The molecule has 0 saturated carbocycles. The molecule has 0 aliphatic rings. The predicted molar refractivity (Wildman–Crippen MR) is 148 cm³/mol. The van der Waals surface area contributed by atoms with E-state index >= 15 is 0 Å². The van der Waals surface area contributed by atoms with Crippen molar-refractivity contribution in [3.63, 3.8) is 0 Å². The number of carbonyl (C=O) groups excluding carboxylic acids is 2. The van der Waals surface area contributed by atoms with Crippen molar-refractivity contribution in [1.29, 1.82) is 0 Å². The van der Waals surface area contributed by atoms with Crippen molar-refractivity contribution in [3.8, 4) is 5.69 Å². The first-order valence-electron chi connectivity index (χ1n) is 12.2. The van der Waals surface area contributed by atoms with Crippen LogP contribution in [0.2, 0.25) is 0 Å². The van der Waals surface area contributed by atoms with Gasteiger partial charge >= 0.3 is 0 Å². The quantitative estimate of drug-likeness (QED) is 0.217. The van der Waals surface area contributed by atoms with Crippen molar-refractivity contribution in [2.24, 2.45) is 7.05 Å². The fourth-order valence-corrected chi connectivity index (χ4v) is 5.25. The third-order valence-electron chi connectivity index (χ3n) is 6.28. The van der Waals surface area contributed by atoms with E-state index in [1.54, 1.807) is 16.7 Å². The molecule has 2 N–H and O–H groups in total. The number of Topliss-reactive ketones (excluding diaryl/α,β-unsaturated/α-hetero) is 1. The summed E-state index contributed by atoms with van der Waals surface area (Å²) in [5.41, 5.74) is 3.85. The summed E-state index contributed by atoms with van der Waals surface area (Å²) >= 11 is 1.26. The van der Waals surface area contributed by atoms with E-state index in [1.807, 2.05) is 91.5 Å². The van der Waals surface area contributed by atoms with Gasteiger partial charge in [0.1, 0.15) is 6.04 Å². The Labute approximate surface area is 224 Å². The van der Waals surface area contributed by atoms with Crippen molar-refractivity contribution >= 4 is 34.4 Å². The number of hydrogen-bond donors (Lipinski definition) is 2. The standard InChI is InChI=1S/C29H27N5O3S/c1-19-9-8-10-20(15-19)28(37)30-24(17-35)27-31-32-29(34(27)21-11-4-3-5-12-21)38-18-26(36)23-16-33(2)25-14-7-6-13-22(23)25/h3-16,24,35H,17-18H2,1-2H3,(H,30,37). The summed E-state index contributed by atoms with van der Waals surface area (Å²) in [6.45, 7) is 1.54. The maximum atomic E-state index is 13.2. The molecule has 2 aromatic heterocycles. The molecular formula is C29H27N5O3S. The first kappa shape index (κ1) is 25.4. The van der Waals surface area contributed by atoms with E-state index in [2.05, 4.69) is 15.5 Å². The zero-order chi connectivity index (χ0) is 26.6. The van der Waals surface area contributed by atoms with Crippen LogP contribution in [0.15, 0.2) is 90.2 Å². The van der Waals surface area contributed by atoms with Crippen molar-refractivity contribution in [2.75, 3.05) is 12.4 Å². The van der Waals surface area contributed by atoms with E-state index in [9.17, 15) is 14.7 Å². The molecular weight excluding hydrogens is 498 g/mol. The molecule has 5 rings (SSSR count). The average molecular weight is 526 g/mol. The molecule has 192 valence electrons. The lowest BCUT2D eigenvalue weighted by Crippen LogP contribution is -2.32. The Hall–Kier alpha value is -4.21. The van der Waals surface area contributed by atoms with Crippen LogP contribution < -0.4 is 5.32 Å². The number of aromatic nitrogens is 4. The Morgan fingerprint density at radius 2 is 1.76 bits per heavy atom. The van der Waals surface area contributed by atoms with E-state index in [0.29, 0.717) is 22.1 Å². The smallest absolute Gasteiger partial charge is 0.251 e. The highest BCUT2D eigenvalue weighted by molar-refractivity contribution is 7.99. The number of carbonyl (C=O) groups is 2. The minimum atomic E-state index is -0.807. The summed E-state index contributed by atoms with van der Waals surface area (Å²) in [5.74, 6) is 0.177. The number of aliphatic hydroxyl groups excluding tert-OH is 1. The van der Waals surface area contributed by atoms with Gasteiger partial charge in [0.15, 0.2) is 16.8 Å². The van der Waals surface area contributed by atoms with Crippen LogP contribution in [0.3, 0.4) is 0 Å². The SMILES string of the molecule is Cc1cccc(C(=O)NC(CO)c2nnc(SCC(=O)c3cn(C)c4ccccc34)n2-c2ccccc2)c1. The molecule has 0 radical (unpaired) electrons. The summed E-state index contributed by atoms with van der Waals surface area (Å²) in [5, 5.41) is 23.2. The maximum absolute atomic E-state index is 13.2. The second kappa shape index (κ2) is 11.0. The number of amides is 1. The van der Waals surface area contributed by atoms with E-state index in [0.717, 1.165) is 22.2 Å². The average Bonchev–Trinajstić information content (AvgIpc) is 3.52. The van der Waals surface area contributed by atoms with Crippen LogP contribution >= 0.6 is 11.8 Å². The molecule has 0 aliphatic carbocycles. The first-order chi connectivity index (χ1) is 18.5. The normalized spacial score (nSPS) is 12.0. The van der Waals surface area contributed by atoms with Gasteiger partial charge in [-0.25, -0.2) is 0 Å². The third kappa shape index (κ3) is 5.11. The van der Waals surface area contributed by atoms with Crippen LogP contribution in [-0.2, 0) is 7.05 Å². The second-order valence-corrected chi connectivity index (χ2v) is 9.92. The Morgan fingerprint density at radius 3 is 2.53 bits per heavy atom. The van der Waals surface area contributed by atoms with E-state index in [1.165, 1.54) is 11.8 Å². The lowest BCUT2D eigenvalue weighted by molar-refractivity contribution is 0.0911. The summed E-state index contributed by atoms with van der Waals surface area (Å²) in [7, 11) is 1.92. The van der Waals surface area contributed by atoms with Crippen LogP contribution in [0.25, 0.3) is 16.6 Å². The number of nitrogens with one attached hydrogen (secondary N) is 1. The van der Waals surface area contributed by atoms with Gasteiger partial charge in [-0.15, -0.1) is 10.2 Å². The Morgan fingerprint density at radius 1 is 1.00 bits per heavy atom. The summed E-state index contributed by atoms with van der Waals surface area (Å²) in [4.78, 5) is 26.2. The number of ketones is 1. The highest BCUT2D eigenvalue weighted by atomic mass is 32.2. The van der Waals surface area contributed by atoms with Gasteiger partial charge in [-0.2, -0.15) is 0 Å². The minimum absolute atomic E-state index is 0.0255. The van der Waals surface area contributed by atoms with Gasteiger partial charge in [0.25, 0.3) is 5.91 Å². The molecule has 0 spiro atoms. The zero-order valence-electron chi connectivity index (χ0n) is 21.0. The van der Waals surface area contributed by atoms with Crippen LogP contribution in [0.5, 0.6) is 0 Å². The van der Waals surface area contributed by atoms with Gasteiger partial charge in [0, 0.05) is 41.0 Å². The minimum Gasteiger partial charge on any atom is -0.394 e. The van der Waals surface area contributed by atoms with Crippen LogP contribution in [0, 0.1) is 6.92 Å². The van der Waals surface area contributed by atoms with Crippen molar-refractivity contribution in [3.05, 3.63) is 108 Å². The number of aryl methyl sites for hydroxylation is 2. The molecule has 0 bridgehead atoms. The predicted octanol–water partition coefficient (Wildman–Crippen LogP) is 4.51. The van der Waals surface area contributed by atoms with Gasteiger partial charge in [-0.3, -0.25) is 14.2 Å². The highest BCUT2D eigenvalue weighted by Gasteiger charge is 2.25. The number of para-hydroxylation sites is 2. The molecule has 3 aromatic carbocycles. The van der Waals surface area contributed by atoms with Gasteiger partial charge in [-0.1, -0.05) is 65.9 Å². The highest BCUT2D eigenvalue weighted by Crippen LogP contribution is 2.28. The molecule has 9 heteroatoms. The first-order valence-corrected chi connectivity index (χ1v) is 13.1. The Bertz CT molecular complexity index is 1610. The van der Waals surface area contributed by atoms with E-state index < -0.39 is 6.04 Å². The van der Waals surface area contributed by atoms with Crippen molar-refractivity contribution in [2.45, 2.75) is 18.1 Å². The Balaban J connectivity index is 1.43. The van der Waals surface area contributed by atoms with Gasteiger partial charge in [0.2, 0.25) is 0 Å². The molecule has 38 heavy (non-hydrogen) atoms. The van der Waals surface area contributed by atoms with E-state index in [4.69, 9.17) is 0 Å². The summed E-state index contributed by atoms with van der Waals surface area (Å²) in [6.07, 6.45) is 1.85. The number of thioether (sulfide) groups is 1. The second-order valence-electron chi connectivity index (χ2n) is 8.97. The topological polar surface area (TPSA) is 102 Å². The number of benzene rings is 3. The van der Waals surface area contributed by atoms with Gasteiger partial charge in [0.05, 0.1) is 12.4 Å². The molecule has 0 fully saturated rings. The van der Waals surface area contributed by atoms with E-state index in [-0.39, 0.29) is 24.1 Å². The summed E-state index contributed by atoms with van der Waals surface area (Å²) < 4.78 is 3.72. The molecule has 2 heterocycles. The van der Waals surface area contributed by atoms with Gasteiger partial charge in [-0.05, 0) is 37.3 Å². The molecule has 8 nitrogen and oxygen atoms in total. The zero-order valence-corrected chi connectivity index (χ0v) is 21.9. The van der Waals surface area contributed by atoms with Crippen LogP contribution in [-0.4, -0.2) is 48.5 Å². The number of hydrogen-bond acceptors (Lipinski definition) is 6. The Kier molecular flexibility index (Phi) is 7.39. The monoisotopic (exact) mass is 525 g/mol. The molecule has 1 unspecified atom stereocenters. The summed E-state index contributed by atoms with van der Waals surface area (Å²) in [6, 6.07) is 23.7. The number of aliphatic hydroxyl groups is 1. The largest absolute Gasteiger partial charge is 0.394 e. The third-order valence-corrected chi connectivity index (χ3v) is 7.21. The molecule has 0 aliphatic heterocycles. The number of rotatable bonds is 9. The molecule has 1 atom stereocenters. The maximum Gasteiger partial charge on any atom is 0.251 e. The molecule has 5 aromatic rings. The number of nitrogens with zero attached hydrogens (tertiary/aromatic N) is 4. The number of fused-ring (bicyclic) bond motifs is 1. The van der Waals surface area contributed by atoms with Crippen molar-refractivity contribution < 1.29 is 14.7 Å².